The number of nitrogen functional groups attached to an aromatic ring is 1. The van der Waals surface area contributed by atoms with E-state index in [9.17, 15) is 0 Å². The predicted octanol–water partition coefficient (Wildman–Crippen LogP) is 3.91. The van der Waals surface area contributed by atoms with Gasteiger partial charge in [-0.15, -0.1) is 0 Å². The summed E-state index contributed by atoms with van der Waals surface area (Å²) >= 11 is 0. The highest BCUT2D eigenvalue weighted by molar-refractivity contribution is 5.69. The second-order valence-electron chi connectivity index (χ2n) is 4.76. The number of rotatable bonds is 5. The number of nitrogens with two attached hydrogens (primary N) is 1. The molecule has 1 rings (SSSR count). The van der Waals surface area contributed by atoms with Gasteiger partial charge in [-0.25, -0.2) is 0 Å². The zero-order valence-electron chi connectivity index (χ0n) is 11.9. The van der Waals surface area contributed by atoms with Gasteiger partial charge in [0.2, 0.25) is 0 Å². The Morgan fingerprint density at radius 3 is 2.35 bits per heavy atom. The maximum atomic E-state index is 6.25. The quantitative estimate of drug-likeness (QED) is 0.758. The van der Waals surface area contributed by atoms with E-state index < -0.39 is 0 Å². The first kappa shape index (κ1) is 13.9. The second kappa shape index (κ2) is 5.95. The number of hydrogen-bond acceptors (Lipinski definition) is 2. The van der Waals surface area contributed by atoms with Crippen molar-refractivity contribution in [1.29, 1.82) is 0 Å². The molecule has 0 heterocycles. The number of aryl methyl sites for hydroxylation is 1. The third-order valence-electron chi connectivity index (χ3n) is 3.59. The molecule has 1 aromatic rings. The van der Waals surface area contributed by atoms with E-state index in [2.05, 4.69) is 46.0 Å². The molecule has 0 aliphatic carbocycles. The van der Waals surface area contributed by atoms with Crippen LogP contribution < -0.4 is 11.1 Å². The van der Waals surface area contributed by atoms with E-state index in [0.717, 1.165) is 24.9 Å². The van der Waals surface area contributed by atoms with Crippen molar-refractivity contribution in [2.75, 3.05) is 11.1 Å². The first-order valence-electron chi connectivity index (χ1n) is 6.72. The van der Waals surface area contributed by atoms with Crippen LogP contribution in [0.4, 0.5) is 11.4 Å². The Hall–Kier alpha value is -1.18. The summed E-state index contributed by atoms with van der Waals surface area (Å²) in [6.45, 7) is 10.9. The summed E-state index contributed by atoms with van der Waals surface area (Å²) in [5.74, 6) is 0. The van der Waals surface area contributed by atoms with E-state index in [1.807, 2.05) is 0 Å². The van der Waals surface area contributed by atoms with Crippen LogP contribution in [0, 0.1) is 6.92 Å². The van der Waals surface area contributed by atoms with E-state index in [-0.39, 0.29) is 0 Å². The summed E-state index contributed by atoms with van der Waals surface area (Å²) in [7, 11) is 0. The van der Waals surface area contributed by atoms with Gasteiger partial charge >= 0.3 is 0 Å². The Kier molecular flexibility index (Phi) is 4.86. The van der Waals surface area contributed by atoms with E-state index in [1.54, 1.807) is 0 Å². The molecule has 2 nitrogen and oxygen atoms in total. The molecule has 0 aliphatic heterocycles. The van der Waals surface area contributed by atoms with Gasteiger partial charge in [-0.3, -0.25) is 0 Å². The molecule has 2 heteroatoms. The highest BCUT2D eigenvalue weighted by Gasteiger charge is 2.12. The minimum atomic E-state index is 0.491. The van der Waals surface area contributed by atoms with Crippen molar-refractivity contribution in [1.82, 2.24) is 0 Å². The standard InChI is InChI=1S/C15H26N2/c1-6-10(4)17-14-9-12(7-2)13(8-3)15(16)11(14)5/h9-10,17H,6-8,16H2,1-5H3. The lowest BCUT2D eigenvalue weighted by molar-refractivity contribution is 0.762. The zero-order chi connectivity index (χ0) is 13.0. The van der Waals surface area contributed by atoms with Crippen molar-refractivity contribution in [3.8, 4) is 0 Å². The van der Waals surface area contributed by atoms with Crippen LogP contribution in [0.3, 0.4) is 0 Å². The van der Waals surface area contributed by atoms with Gasteiger partial charge in [0.15, 0.2) is 0 Å². The summed E-state index contributed by atoms with van der Waals surface area (Å²) < 4.78 is 0. The molecule has 0 saturated carbocycles. The molecule has 0 spiro atoms. The molecule has 0 bridgehead atoms. The van der Waals surface area contributed by atoms with Gasteiger partial charge in [0.1, 0.15) is 0 Å². The minimum absolute atomic E-state index is 0.491. The van der Waals surface area contributed by atoms with Crippen LogP contribution in [-0.2, 0) is 12.8 Å². The Labute approximate surface area is 106 Å². The lowest BCUT2D eigenvalue weighted by Gasteiger charge is -2.20. The van der Waals surface area contributed by atoms with Crippen LogP contribution >= 0.6 is 0 Å². The van der Waals surface area contributed by atoms with Crippen LogP contribution in [-0.4, -0.2) is 6.04 Å². The van der Waals surface area contributed by atoms with E-state index in [0.29, 0.717) is 6.04 Å². The number of anilines is 2. The molecule has 1 unspecified atom stereocenters. The third kappa shape index (κ3) is 2.93. The fourth-order valence-electron chi connectivity index (χ4n) is 2.16. The first-order valence-corrected chi connectivity index (χ1v) is 6.72. The Balaban J connectivity index is 3.19. The fraction of sp³-hybridized carbons (Fsp3) is 0.600. The molecule has 0 aliphatic rings. The van der Waals surface area contributed by atoms with Gasteiger partial charge in [0.25, 0.3) is 0 Å². The molecule has 17 heavy (non-hydrogen) atoms. The third-order valence-corrected chi connectivity index (χ3v) is 3.59. The normalized spacial score (nSPS) is 12.5. The first-order chi connectivity index (χ1) is 8.04. The van der Waals surface area contributed by atoms with Gasteiger partial charge in [-0.1, -0.05) is 20.8 Å². The summed E-state index contributed by atoms with van der Waals surface area (Å²) in [5, 5.41) is 3.55. The Bertz CT molecular complexity index is 383. The number of nitrogens with one attached hydrogen (secondary N) is 1. The predicted molar refractivity (Wildman–Crippen MR) is 77.7 cm³/mol. The largest absolute Gasteiger partial charge is 0.398 e. The zero-order valence-corrected chi connectivity index (χ0v) is 11.9. The van der Waals surface area contributed by atoms with Crippen LogP contribution in [0.25, 0.3) is 0 Å². The average Bonchev–Trinajstić information content (AvgIpc) is 2.34. The molecule has 0 amide bonds. The van der Waals surface area contributed by atoms with Gasteiger partial charge in [0, 0.05) is 17.4 Å². The van der Waals surface area contributed by atoms with Crippen molar-refractivity contribution in [3.63, 3.8) is 0 Å². The van der Waals surface area contributed by atoms with Crippen molar-refractivity contribution in [3.05, 3.63) is 22.8 Å². The van der Waals surface area contributed by atoms with E-state index in [1.165, 1.54) is 22.4 Å². The Morgan fingerprint density at radius 2 is 1.88 bits per heavy atom. The lowest BCUT2D eigenvalue weighted by Crippen LogP contribution is -2.16. The van der Waals surface area contributed by atoms with Crippen LogP contribution in [0.15, 0.2) is 6.07 Å². The van der Waals surface area contributed by atoms with Crippen molar-refractivity contribution < 1.29 is 0 Å². The lowest BCUT2D eigenvalue weighted by atomic mass is 9.96. The van der Waals surface area contributed by atoms with Crippen LogP contribution in [0.1, 0.15) is 50.8 Å². The van der Waals surface area contributed by atoms with Crippen LogP contribution in [0.5, 0.6) is 0 Å². The highest BCUT2D eigenvalue weighted by atomic mass is 14.9. The topological polar surface area (TPSA) is 38.0 Å². The van der Waals surface area contributed by atoms with Gasteiger partial charge < -0.3 is 11.1 Å². The van der Waals surface area contributed by atoms with E-state index >= 15 is 0 Å². The van der Waals surface area contributed by atoms with E-state index in [4.69, 9.17) is 5.73 Å². The fourth-order valence-corrected chi connectivity index (χ4v) is 2.16. The molecular formula is C15H26N2. The maximum Gasteiger partial charge on any atom is 0.0399 e. The van der Waals surface area contributed by atoms with Crippen molar-refractivity contribution in [2.24, 2.45) is 0 Å². The summed E-state index contributed by atoms with van der Waals surface area (Å²) in [5.41, 5.74) is 12.3. The molecule has 0 aromatic heterocycles. The molecule has 3 N–H and O–H groups in total. The summed E-state index contributed by atoms with van der Waals surface area (Å²) in [6.07, 6.45) is 3.18. The van der Waals surface area contributed by atoms with Gasteiger partial charge in [-0.05, 0) is 55.9 Å². The number of benzene rings is 1. The average molecular weight is 234 g/mol. The van der Waals surface area contributed by atoms with Gasteiger partial charge in [-0.2, -0.15) is 0 Å². The highest BCUT2D eigenvalue weighted by Crippen LogP contribution is 2.30. The maximum absolute atomic E-state index is 6.25. The summed E-state index contributed by atoms with van der Waals surface area (Å²) in [6, 6.07) is 2.77. The second-order valence-corrected chi connectivity index (χ2v) is 4.76. The van der Waals surface area contributed by atoms with Crippen molar-refractivity contribution >= 4 is 11.4 Å². The molecule has 1 aromatic carbocycles. The molecule has 96 valence electrons. The number of hydrogen-bond donors (Lipinski definition) is 2. The SMILES string of the molecule is CCc1cc(NC(C)CC)c(C)c(N)c1CC. The molecule has 0 saturated heterocycles. The molecule has 0 fully saturated rings. The monoisotopic (exact) mass is 234 g/mol. The minimum Gasteiger partial charge on any atom is -0.398 e. The van der Waals surface area contributed by atoms with Crippen LogP contribution in [0.2, 0.25) is 0 Å². The summed E-state index contributed by atoms with van der Waals surface area (Å²) in [4.78, 5) is 0. The Morgan fingerprint density at radius 1 is 1.24 bits per heavy atom. The molecule has 1 atom stereocenters. The molecule has 0 radical (unpaired) electrons. The van der Waals surface area contributed by atoms with Crippen molar-refractivity contribution in [2.45, 2.75) is 59.9 Å². The van der Waals surface area contributed by atoms with Gasteiger partial charge in [0.05, 0.1) is 0 Å². The molecular weight excluding hydrogens is 208 g/mol. The smallest absolute Gasteiger partial charge is 0.0399 e.